The average molecular weight is 459 g/mol. The van der Waals surface area contributed by atoms with E-state index in [1.807, 2.05) is 19.9 Å². The highest BCUT2D eigenvalue weighted by atomic mass is 32.1. The second-order valence-corrected chi connectivity index (χ2v) is 10.0. The predicted octanol–water partition coefficient (Wildman–Crippen LogP) is 4.05. The average Bonchev–Trinajstić information content (AvgIpc) is 3.20. The molecule has 3 heterocycles. The van der Waals surface area contributed by atoms with Gasteiger partial charge in [-0.05, 0) is 60.6 Å². The van der Waals surface area contributed by atoms with Gasteiger partial charge in [-0.25, -0.2) is 14.6 Å². The Labute approximate surface area is 189 Å². The molecule has 0 aromatic carbocycles. The Morgan fingerprint density at radius 2 is 1.84 bits per heavy atom. The number of hydrogen-bond donors (Lipinski definition) is 2. The summed E-state index contributed by atoms with van der Waals surface area (Å²) < 4.78 is 10.7. The first-order valence-electron chi connectivity index (χ1n) is 10.0. The Bertz CT molecular complexity index is 1210. The van der Waals surface area contributed by atoms with Gasteiger partial charge in [0.25, 0.3) is 11.6 Å². The normalized spacial score (nSPS) is 12.5. The molecule has 0 saturated carbocycles. The number of pyridine rings is 1. The Hall–Kier alpha value is -3.27. The fourth-order valence-electron chi connectivity index (χ4n) is 3.14. The summed E-state index contributed by atoms with van der Waals surface area (Å²) in [5.41, 5.74) is 1.77. The van der Waals surface area contributed by atoms with E-state index in [0.29, 0.717) is 16.8 Å². The van der Waals surface area contributed by atoms with Gasteiger partial charge >= 0.3 is 12.0 Å². The summed E-state index contributed by atoms with van der Waals surface area (Å²) in [7, 11) is 0. The number of amides is 3. The Kier molecular flexibility index (Phi) is 6.36. The lowest BCUT2D eigenvalue weighted by atomic mass is 10.1. The van der Waals surface area contributed by atoms with Gasteiger partial charge in [0.1, 0.15) is 0 Å². The summed E-state index contributed by atoms with van der Waals surface area (Å²) in [6, 6.07) is 2.92. The number of fused-ring (bicyclic) bond motifs is 1. The van der Waals surface area contributed by atoms with Crippen molar-refractivity contribution < 1.29 is 23.6 Å². The van der Waals surface area contributed by atoms with E-state index in [9.17, 15) is 14.4 Å². The Morgan fingerprint density at radius 1 is 1.16 bits per heavy atom. The van der Waals surface area contributed by atoms with Crippen molar-refractivity contribution in [3.05, 3.63) is 33.1 Å². The van der Waals surface area contributed by atoms with Crippen molar-refractivity contribution in [2.24, 2.45) is 0 Å². The zero-order valence-electron chi connectivity index (χ0n) is 19.1. The van der Waals surface area contributed by atoms with Crippen molar-refractivity contribution in [3.63, 3.8) is 0 Å². The molecule has 2 N–H and O–H groups in total. The lowest BCUT2D eigenvalue weighted by Crippen LogP contribution is -2.50. The molecule has 0 fully saturated rings. The molecule has 170 valence electrons. The van der Waals surface area contributed by atoms with Gasteiger partial charge in [0, 0.05) is 20.9 Å². The molecule has 3 aromatic heterocycles. The highest BCUT2D eigenvalue weighted by molar-refractivity contribution is 7.12. The summed E-state index contributed by atoms with van der Waals surface area (Å²) >= 11 is 1.62. The molecule has 3 aromatic rings. The monoisotopic (exact) mass is 458 g/mol. The summed E-state index contributed by atoms with van der Waals surface area (Å²) in [5.74, 6) is -1.48. The van der Waals surface area contributed by atoms with Gasteiger partial charge in [-0.3, -0.25) is 10.1 Å². The number of aryl methyl sites for hydroxylation is 3. The maximum Gasteiger partial charge on any atom is 0.339 e. The highest BCUT2D eigenvalue weighted by Gasteiger charge is 2.26. The molecule has 3 rings (SSSR count). The number of aromatic nitrogens is 2. The first-order chi connectivity index (χ1) is 14.9. The topological polar surface area (TPSA) is 123 Å². The zero-order chi connectivity index (χ0) is 23.8. The highest BCUT2D eigenvalue weighted by Crippen LogP contribution is 2.33. The van der Waals surface area contributed by atoms with E-state index in [1.165, 1.54) is 6.92 Å². The molecule has 0 aliphatic rings. The Morgan fingerprint density at radius 3 is 2.44 bits per heavy atom. The number of carbonyl (C=O) groups excluding carboxylic acids is 3. The molecular weight excluding hydrogens is 432 g/mol. The fraction of sp³-hybridized carbons (Fsp3) is 0.409. The van der Waals surface area contributed by atoms with Gasteiger partial charge in [0.05, 0.1) is 22.3 Å². The van der Waals surface area contributed by atoms with Crippen LogP contribution in [-0.4, -0.2) is 39.7 Å². The minimum absolute atomic E-state index is 0.186. The number of nitrogens with zero attached hydrogens (tertiary/aromatic N) is 2. The van der Waals surface area contributed by atoms with Crippen LogP contribution in [-0.2, 0) is 9.53 Å². The van der Waals surface area contributed by atoms with Crippen molar-refractivity contribution in [3.8, 4) is 11.3 Å². The van der Waals surface area contributed by atoms with Crippen LogP contribution in [0.25, 0.3) is 22.4 Å². The minimum Gasteiger partial charge on any atom is -0.449 e. The molecule has 0 aliphatic carbocycles. The first-order valence-corrected chi connectivity index (χ1v) is 10.9. The third-order valence-corrected chi connectivity index (χ3v) is 5.50. The molecular formula is C22H26N4O5S. The lowest BCUT2D eigenvalue weighted by molar-refractivity contribution is -0.127. The molecule has 1 unspecified atom stereocenters. The van der Waals surface area contributed by atoms with Crippen LogP contribution in [0.15, 0.2) is 16.7 Å². The molecule has 1 atom stereocenters. The predicted molar refractivity (Wildman–Crippen MR) is 121 cm³/mol. The molecule has 0 spiro atoms. The summed E-state index contributed by atoms with van der Waals surface area (Å²) in [4.78, 5) is 43.9. The van der Waals surface area contributed by atoms with Crippen LogP contribution in [0, 0.1) is 20.8 Å². The Balaban J connectivity index is 1.87. The van der Waals surface area contributed by atoms with Crippen molar-refractivity contribution >= 4 is 40.3 Å². The maximum atomic E-state index is 13.0. The molecule has 0 bridgehead atoms. The van der Waals surface area contributed by atoms with Crippen LogP contribution in [0.4, 0.5) is 4.79 Å². The number of imide groups is 1. The number of nitrogens with one attached hydrogen (secondary N) is 2. The van der Waals surface area contributed by atoms with Gasteiger partial charge in [-0.1, -0.05) is 5.16 Å². The number of ether oxygens (including phenoxy) is 1. The van der Waals surface area contributed by atoms with E-state index >= 15 is 0 Å². The summed E-state index contributed by atoms with van der Waals surface area (Å²) in [6.45, 7) is 12.4. The summed E-state index contributed by atoms with van der Waals surface area (Å²) in [6.07, 6.45) is -1.20. The van der Waals surface area contributed by atoms with Gasteiger partial charge in [0.15, 0.2) is 6.10 Å². The van der Waals surface area contributed by atoms with Crippen molar-refractivity contribution in [2.75, 3.05) is 0 Å². The molecule has 32 heavy (non-hydrogen) atoms. The molecule has 0 aliphatic heterocycles. The largest absolute Gasteiger partial charge is 0.449 e. The van der Waals surface area contributed by atoms with E-state index in [2.05, 4.69) is 20.8 Å². The van der Waals surface area contributed by atoms with Crippen LogP contribution in [0.2, 0.25) is 0 Å². The number of rotatable bonds is 4. The summed E-state index contributed by atoms with van der Waals surface area (Å²) in [5, 5.41) is 9.12. The second kappa shape index (κ2) is 8.70. The quantitative estimate of drug-likeness (QED) is 0.565. The smallest absolute Gasteiger partial charge is 0.339 e. The number of hydrogen-bond acceptors (Lipinski definition) is 8. The molecule has 10 heteroatoms. The van der Waals surface area contributed by atoms with Gasteiger partial charge in [0.2, 0.25) is 0 Å². The molecule has 9 nitrogen and oxygen atoms in total. The fourth-order valence-corrected chi connectivity index (χ4v) is 4.07. The maximum absolute atomic E-state index is 13.0. The third-order valence-electron chi connectivity index (χ3n) is 4.53. The molecule has 3 amide bonds. The van der Waals surface area contributed by atoms with Crippen LogP contribution in [0.3, 0.4) is 0 Å². The molecule has 0 saturated heterocycles. The van der Waals surface area contributed by atoms with Gasteiger partial charge in [-0.2, -0.15) is 0 Å². The van der Waals surface area contributed by atoms with Crippen molar-refractivity contribution in [1.29, 1.82) is 0 Å². The van der Waals surface area contributed by atoms with Gasteiger partial charge in [-0.15, -0.1) is 11.3 Å². The number of urea groups is 1. The van der Waals surface area contributed by atoms with E-state index in [4.69, 9.17) is 9.26 Å². The van der Waals surface area contributed by atoms with E-state index < -0.39 is 29.6 Å². The van der Waals surface area contributed by atoms with Gasteiger partial charge < -0.3 is 14.6 Å². The number of thiophene rings is 1. The van der Waals surface area contributed by atoms with E-state index in [0.717, 1.165) is 15.3 Å². The van der Waals surface area contributed by atoms with Crippen LogP contribution in [0.1, 0.15) is 53.5 Å². The van der Waals surface area contributed by atoms with Crippen LogP contribution in [0.5, 0.6) is 0 Å². The number of carbonyl (C=O) groups is 3. The molecule has 0 radical (unpaired) electrons. The van der Waals surface area contributed by atoms with Crippen molar-refractivity contribution in [1.82, 2.24) is 20.8 Å². The second-order valence-electron chi connectivity index (χ2n) is 8.57. The standard InChI is InChI=1S/C22H26N4O5S/c1-10-8-14(13(4)32-10)16-9-15(17-11(2)26-31-19(17)23-16)20(28)30-12(3)18(27)24-21(29)25-22(5,6)7/h8-9,12H,1-7H3,(H2,24,25,27,29). The third kappa shape index (κ3) is 5.13. The zero-order valence-corrected chi connectivity index (χ0v) is 19.9. The SMILES string of the molecule is Cc1cc(-c2cc(C(=O)OC(C)C(=O)NC(=O)NC(C)(C)C)c3c(C)noc3n2)c(C)s1. The lowest BCUT2D eigenvalue weighted by Gasteiger charge is -2.21. The van der Waals surface area contributed by atoms with Crippen LogP contribution >= 0.6 is 11.3 Å². The first kappa shape index (κ1) is 23.4. The van der Waals surface area contributed by atoms with E-state index in [1.54, 1.807) is 45.1 Å². The number of esters is 1. The van der Waals surface area contributed by atoms with E-state index in [-0.39, 0.29) is 11.3 Å². The van der Waals surface area contributed by atoms with Crippen molar-refractivity contribution in [2.45, 2.75) is 60.1 Å². The van der Waals surface area contributed by atoms with Crippen LogP contribution < -0.4 is 10.6 Å². The minimum atomic E-state index is -1.20.